The monoisotopic (exact) mass is 500 g/mol. The van der Waals surface area contributed by atoms with E-state index in [9.17, 15) is 19.2 Å². The molecule has 0 saturated carbocycles. The van der Waals surface area contributed by atoms with Crippen molar-refractivity contribution in [3.05, 3.63) is 98.7 Å². The van der Waals surface area contributed by atoms with Gasteiger partial charge in [0.1, 0.15) is 0 Å². The molecule has 0 aliphatic heterocycles. The van der Waals surface area contributed by atoms with Crippen molar-refractivity contribution in [2.75, 3.05) is 7.11 Å². The molecule has 0 bridgehead atoms. The van der Waals surface area contributed by atoms with Gasteiger partial charge in [0.05, 0.1) is 47.4 Å². The summed E-state index contributed by atoms with van der Waals surface area (Å²) in [5, 5.41) is 11.1. The van der Waals surface area contributed by atoms with Crippen LogP contribution in [-0.4, -0.2) is 21.2 Å². The first-order valence-corrected chi connectivity index (χ1v) is 11.4. The van der Waals surface area contributed by atoms with Gasteiger partial charge in [0.25, 0.3) is 5.56 Å². The number of methoxy groups -OCH3 is 1. The molecule has 0 aliphatic carbocycles. The Morgan fingerprint density at radius 1 is 1.08 bits per heavy atom. The van der Waals surface area contributed by atoms with E-state index in [2.05, 4.69) is 4.98 Å². The first-order chi connectivity index (χ1) is 17.4. The minimum atomic E-state index is -0.607. The minimum absolute atomic E-state index is 0.00948. The second-order valence-electron chi connectivity index (χ2n) is 8.06. The smallest absolute Gasteiger partial charge is 0.336 e. The second kappa shape index (κ2) is 9.29. The first kappa shape index (κ1) is 23.3. The predicted octanol–water partition coefficient (Wildman–Crippen LogP) is 5.08. The van der Waals surface area contributed by atoms with Gasteiger partial charge >= 0.3 is 5.69 Å². The van der Waals surface area contributed by atoms with Crippen molar-refractivity contribution in [2.45, 2.75) is 13.0 Å². The SMILES string of the molecule is COc1cc(-c2ccc3c(=O)n(-c4cncc5ccccc45)c(=O)n(CCC#N)c3c2)c(Cl)cc1F. The van der Waals surface area contributed by atoms with E-state index in [1.807, 2.05) is 30.3 Å². The van der Waals surface area contributed by atoms with Crippen LogP contribution in [0.3, 0.4) is 0 Å². The van der Waals surface area contributed by atoms with Gasteiger partial charge in [-0.2, -0.15) is 5.26 Å². The lowest BCUT2D eigenvalue weighted by Crippen LogP contribution is -2.39. The third-order valence-electron chi connectivity index (χ3n) is 6.03. The van der Waals surface area contributed by atoms with Crippen LogP contribution in [0.15, 0.2) is 76.6 Å². The van der Waals surface area contributed by atoms with Crippen LogP contribution in [0.2, 0.25) is 5.02 Å². The van der Waals surface area contributed by atoms with Crippen LogP contribution < -0.4 is 16.0 Å². The lowest BCUT2D eigenvalue weighted by Gasteiger charge is -2.16. The van der Waals surface area contributed by atoms with Gasteiger partial charge in [0.2, 0.25) is 0 Å². The number of hydrogen-bond donors (Lipinski definition) is 0. The zero-order valence-corrected chi connectivity index (χ0v) is 19.8. The molecule has 0 N–H and O–H groups in total. The maximum atomic E-state index is 14.1. The molecule has 0 spiro atoms. The maximum absolute atomic E-state index is 14.1. The molecule has 178 valence electrons. The van der Waals surface area contributed by atoms with Gasteiger partial charge in [0.15, 0.2) is 11.6 Å². The highest BCUT2D eigenvalue weighted by atomic mass is 35.5. The minimum Gasteiger partial charge on any atom is -0.494 e. The van der Waals surface area contributed by atoms with Gasteiger partial charge in [-0.1, -0.05) is 41.9 Å². The topological polar surface area (TPSA) is 89.9 Å². The predicted molar refractivity (Wildman–Crippen MR) is 136 cm³/mol. The summed E-state index contributed by atoms with van der Waals surface area (Å²) < 4.78 is 21.6. The Hall–Kier alpha value is -4.48. The largest absolute Gasteiger partial charge is 0.494 e. The van der Waals surface area contributed by atoms with Crippen LogP contribution in [0.5, 0.6) is 5.75 Å². The Morgan fingerprint density at radius 3 is 2.67 bits per heavy atom. The van der Waals surface area contributed by atoms with Crippen LogP contribution in [-0.2, 0) is 6.54 Å². The van der Waals surface area contributed by atoms with E-state index in [0.717, 1.165) is 16.0 Å². The van der Waals surface area contributed by atoms with Crippen molar-refractivity contribution < 1.29 is 9.13 Å². The van der Waals surface area contributed by atoms with Crippen LogP contribution in [0.1, 0.15) is 6.42 Å². The molecule has 3 aromatic carbocycles. The number of aryl methyl sites for hydroxylation is 1. The van der Waals surface area contributed by atoms with Crippen molar-refractivity contribution >= 4 is 33.3 Å². The van der Waals surface area contributed by atoms with Crippen LogP contribution in [0, 0.1) is 17.1 Å². The summed E-state index contributed by atoms with van der Waals surface area (Å²) in [6.45, 7) is 0.0637. The average molecular weight is 501 g/mol. The highest BCUT2D eigenvalue weighted by molar-refractivity contribution is 6.33. The number of aromatic nitrogens is 3. The molecule has 0 fully saturated rings. The number of hydrogen-bond acceptors (Lipinski definition) is 5. The molecule has 0 amide bonds. The number of nitrogens with zero attached hydrogens (tertiary/aromatic N) is 4. The highest BCUT2D eigenvalue weighted by Crippen LogP contribution is 2.34. The number of halogens is 2. The Balaban J connectivity index is 1.83. The second-order valence-corrected chi connectivity index (χ2v) is 8.47. The number of nitriles is 1. The Labute approximate surface area is 209 Å². The van der Waals surface area contributed by atoms with Gasteiger partial charge in [0, 0.05) is 29.1 Å². The van der Waals surface area contributed by atoms with Crippen molar-refractivity contribution in [3.8, 4) is 28.6 Å². The number of ether oxygens (including phenoxy) is 1. The lowest BCUT2D eigenvalue weighted by atomic mass is 10.0. The van der Waals surface area contributed by atoms with E-state index in [0.29, 0.717) is 27.7 Å². The van der Waals surface area contributed by atoms with Gasteiger partial charge in [-0.25, -0.2) is 13.8 Å². The molecule has 2 heterocycles. The Morgan fingerprint density at radius 2 is 1.89 bits per heavy atom. The molecule has 2 aromatic heterocycles. The molecule has 5 aromatic rings. The molecule has 0 radical (unpaired) electrons. The van der Waals surface area contributed by atoms with Crippen molar-refractivity contribution in [2.24, 2.45) is 0 Å². The average Bonchev–Trinajstić information content (AvgIpc) is 2.89. The summed E-state index contributed by atoms with van der Waals surface area (Å²) in [6.07, 6.45) is 3.19. The highest BCUT2D eigenvalue weighted by Gasteiger charge is 2.18. The summed E-state index contributed by atoms with van der Waals surface area (Å²) in [5.41, 5.74) is 0.600. The summed E-state index contributed by atoms with van der Waals surface area (Å²) in [5.74, 6) is -0.597. The molecular weight excluding hydrogens is 483 g/mol. The van der Waals surface area contributed by atoms with Crippen molar-refractivity contribution in [3.63, 3.8) is 0 Å². The first-order valence-electron chi connectivity index (χ1n) is 11.0. The Bertz CT molecular complexity index is 1820. The van der Waals surface area contributed by atoms with E-state index in [-0.39, 0.29) is 29.1 Å². The molecule has 36 heavy (non-hydrogen) atoms. The number of rotatable bonds is 5. The van der Waals surface area contributed by atoms with E-state index >= 15 is 0 Å². The molecule has 5 rings (SSSR count). The normalized spacial score (nSPS) is 11.1. The fourth-order valence-corrected chi connectivity index (χ4v) is 4.57. The summed E-state index contributed by atoms with van der Waals surface area (Å²) in [6, 6.07) is 16.9. The standard InChI is InChI=1S/C27H18ClFN4O3/c1-36-25-12-20(21(28)13-22(25)29)16-7-8-19-23(11-16)32(10-4-9-30)27(35)33(26(19)34)24-15-31-14-17-5-2-3-6-18(17)24/h2-3,5-8,11-15H,4,10H2,1H3. The summed E-state index contributed by atoms with van der Waals surface area (Å²) >= 11 is 6.31. The molecular formula is C27H18ClFN4O3. The number of pyridine rings is 1. The van der Waals surface area contributed by atoms with E-state index in [1.54, 1.807) is 24.4 Å². The van der Waals surface area contributed by atoms with Crippen LogP contribution in [0.25, 0.3) is 38.5 Å². The number of fused-ring (bicyclic) bond motifs is 2. The van der Waals surface area contributed by atoms with E-state index in [1.165, 1.54) is 23.9 Å². The van der Waals surface area contributed by atoms with Gasteiger partial charge < -0.3 is 4.74 Å². The van der Waals surface area contributed by atoms with Crippen molar-refractivity contribution in [1.82, 2.24) is 14.1 Å². The fourth-order valence-electron chi connectivity index (χ4n) is 4.31. The lowest BCUT2D eigenvalue weighted by molar-refractivity contribution is 0.387. The molecule has 0 unspecified atom stereocenters. The third kappa shape index (κ3) is 3.80. The molecule has 0 aliphatic rings. The van der Waals surface area contributed by atoms with Gasteiger partial charge in [-0.05, 0) is 29.8 Å². The molecule has 0 saturated heterocycles. The molecule has 7 nitrogen and oxygen atoms in total. The molecule has 9 heteroatoms. The zero-order chi connectivity index (χ0) is 25.4. The maximum Gasteiger partial charge on any atom is 0.336 e. The van der Waals surface area contributed by atoms with E-state index < -0.39 is 17.1 Å². The summed E-state index contributed by atoms with van der Waals surface area (Å²) in [7, 11) is 1.35. The van der Waals surface area contributed by atoms with Crippen molar-refractivity contribution in [1.29, 1.82) is 5.26 Å². The molecule has 0 atom stereocenters. The van der Waals surface area contributed by atoms with Gasteiger partial charge in [-0.3, -0.25) is 14.3 Å². The van der Waals surface area contributed by atoms with E-state index in [4.69, 9.17) is 16.3 Å². The Kier molecular flexibility index (Phi) is 6.00. The number of benzene rings is 3. The zero-order valence-electron chi connectivity index (χ0n) is 19.0. The van der Waals surface area contributed by atoms with Crippen LogP contribution in [0.4, 0.5) is 4.39 Å². The van der Waals surface area contributed by atoms with Crippen LogP contribution >= 0.6 is 11.6 Å². The third-order valence-corrected chi connectivity index (χ3v) is 6.34. The fraction of sp³-hybridized carbons (Fsp3) is 0.111. The quantitative estimate of drug-likeness (QED) is 0.335. The summed E-state index contributed by atoms with van der Waals surface area (Å²) in [4.78, 5) is 31.6. The van der Waals surface area contributed by atoms with Gasteiger partial charge in [-0.15, -0.1) is 0 Å².